The van der Waals surface area contributed by atoms with Crippen molar-refractivity contribution < 1.29 is 32.3 Å². The van der Waals surface area contributed by atoms with E-state index in [4.69, 9.17) is 22.4 Å². The number of hydrogen-bond donors (Lipinski definition) is 2. The number of benzene rings is 1. The maximum atomic E-state index is 13.2. The Kier molecular flexibility index (Phi) is 9.82. The molecule has 0 bridgehead atoms. The van der Waals surface area contributed by atoms with Crippen molar-refractivity contribution in [2.45, 2.75) is 102 Å². The molecular formula is C29H45N3O8Si2. The van der Waals surface area contributed by atoms with Gasteiger partial charge in [0, 0.05) is 11.8 Å². The third kappa shape index (κ3) is 6.00. The smallest absolute Gasteiger partial charge is 0.351 e. The summed E-state index contributed by atoms with van der Waals surface area (Å²) in [4.78, 5) is 29.9. The summed E-state index contributed by atoms with van der Waals surface area (Å²) in [6.07, 6.45) is -2.12. The van der Waals surface area contributed by atoms with E-state index in [0.717, 1.165) is 0 Å². The lowest BCUT2D eigenvalue weighted by molar-refractivity contribution is -0.0600. The van der Waals surface area contributed by atoms with E-state index >= 15 is 0 Å². The molecule has 0 radical (unpaired) electrons. The fraction of sp³-hybridized carbons (Fsp3) is 0.621. The molecule has 2 N–H and O–H groups in total. The molecule has 2 aromatic rings. The topological polar surface area (TPSA) is 130 Å². The van der Waals surface area contributed by atoms with E-state index in [2.05, 4.69) is 65.7 Å². The minimum atomic E-state index is -2.98. The maximum Gasteiger partial charge on any atom is 0.351 e. The number of nitrogens with one attached hydrogen (secondary N) is 1. The van der Waals surface area contributed by atoms with Crippen molar-refractivity contribution in [2.24, 2.45) is 0 Å². The summed E-state index contributed by atoms with van der Waals surface area (Å²) in [5.74, 6) is 0.285. The predicted molar refractivity (Wildman–Crippen MR) is 163 cm³/mol. The summed E-state index contributed by atoms with van der Waals surface area (Å²) in [5.41, 5.74) is 0.190. The minimum Gasteiger partial charge on any atom is -0.497 e. The van der Waals surface area contributed by atoms with Crippen molar-refractivity contribution in [1.82, 2.24) is 9.55 Å². The number of methoxy groups -OCH3 is 1. The number of carbonyl (C=O) groups is 1. The zero-order valence-electron chi connectivity index (χ0n) is 26.0. The number of rotatable bonds is 8. The van der Waals surface area contributed by atoms with Crippen LogP contribution in [0.15, 0.2) is 41.3 Å². The van der Waals surface area contributed by atoms with Gasteiger partial charge in [0.15, 0.2) is 6.23 Å². The molecule has 4 atom stereocenters. The van der Waals surface area contributed by atoms with Crippen molar-refractivity contribution in [1.29, 1.82) is 0 Å². The molecule has 1 aromatic heterocycles. The highest BCUT2D eigenvalue weighted by Gasteiger charge is 2.61. The first-order valence-electron chi connectivity index (χ1n) is 14.7. The van der Waals surface area contributed by atoms with Gasteiger partial charge in [-0.1, -0.05) is 55.4 Å². The average Bonchev–Trinajstić information content (AvgIpc) is 3.21. The van der Waals surface area contributed by atoms with Crippen LogP contribution in [0.4, 0.5) is 5.82 Å². The summed E-state index contributed by atoms with van der Waals surface area (Å²) in [6, 6.07) is 8.07. The largest absolute Gasteiger partial charge is 0.497 e. The number of hydrogen-bond acceptors (Lipinski definition) is 9. The molecule has 0 aliphatic carbocycles. The first-order chi connectivity index (χ1) is 19.8. The Labute approximate surface area is 250 Å². The highest BCUT2D eigenvalue weighted by atomic mass is 28.5. The third-order valence-corrected chi connectivity index (χ3v) is 18.6. The Balaban J connectivity index is 1.61. The van der Waals surface area contributed by atoms with E-state index in [0.29, 0.717) is 11.3 Å². The number of ether oxygens (including phenoxy) is 2. The van der Waals surface area contributed by atoms with Crippen LogP contribution >= 0.6 is 0 Å². The van der Waals surface area contributed by atoms with Gasteiger partial charge >= 0.3 is 22.8 Å². The Hall–Kier alpha value is -2.40. The zero-order chi connectivity index (χ0) is 31.0. The van der Waals surface area contributed by atoms with Crippen molar-refractivity contribution in [3.63, 3.8) is 0 Å². The number of amides is 1. The van der Waals surface area contributed by atoms with Gasteiger partial charge < -0.3 is 32.9 Å². The van der Waals surface area contributed by atoms with Crippen LogP contribution in [-0.2, 0) is 17.7 Å². The van der Waals surface area contributed by atoms with Crippen molar-refractivity contribution >= 4 is 28.8 Å². The zero-order valence-corrected chi connectivity index (χ0v) is 28.0. The van der Waals surface area contributed by atoms with Crippen LogP contribution in [0.3, 0.4) is 0 Å². The number of aliphatic hydroxyl groups excluding tert-OH is 1. The van der Waals surface area contributed by atoms with Crippen molar-refractivity contribution in [3.05, 3.63) is 52.6 Å². The molecule has 42 heavy (non-hydrogen) atoms. The number of fused-ring (bicyclic) bond motifs is 1. The molecule has 1 amide bonds. The number of carbonyl (C=O) groups excluding carboxylic acids is 1. The van der Waals surface area contributed by atoms with Crippen LogP contribution in [0.1, 0.15) is 72.0 Å². The van der Waals surface area contributed by atoms with E-state index in [-0.39, 0.29) is 34.6 Å². The van der Waals surface area contributed by atoms with Gasteiger partial charge in [-0.15, -0.1) is 0 Å². The molecule has 2 aliphatic rings. The molecule has 0 saturated carbocycles. The van der Waals surface area contributed by atoms with E-state index in [1.165, 1.54) is 16.8 Å². The fourth-order valence-electron chi connectivity index (χ4n) is 5.97. The lowest BCUT2D eigenvalue weighted by atomic mass is 10.1. The monoisotopic (exact) mass is 619 g/mol. The molecule has 4 rings (SSSR count). The van der Waals surface area contributed by atoms with Crippen LogP contribution in [0, 0.1) is 0 Å². The number of anilines is 1. The third-order valence-electron chi connectivity index (χ3n) is 8.34. The maximum absolute atomic E-state index is 13.2. The summed E-state index contributed by atoms with van der Waals surface area (Å²) in [6.45, 7) is 17.2. The molecule has 2 aliphatic heterocycles. The van der Waals surface area contributed by atoms with Gasteiger partial charge in [-0.3, -0.25) is 9.36 Å². The van der Waals surface area contributed by atoms with Gasteiger partial charge in [0.1, 0.15) is 29.9 Å². The Morgan fingerprint density at radius 3 is 2.12 bits per heavy atom. The fourth-order valence-corrected chi connectivity index (χ4v) is 17.2. The Morgan fingerprint density at radius 1 is 1.00 bits per heavy atom. The molecular weight excluding hydrogens is 575 g/mol. The van der Waals surface area contributed by atoms with Gasteiger partial charge in [-0.2, -0.15) is 4.98 Å². The second kappa shape index (κ2) is 12.7. The van der Waals surface area contributed by atoms with Crippen LogP contribution in [0.2, 0.25) is 22.2 Å². The van der Waals surface area contributed by atoms with Gasteiger partial charge in [0.25, 0.3) is 5.91 Å². The predicted octanol–water partition coefficient (Wildman–Crippen LogP) is 4.72. The standard InChI is InChI=1S/C29H45N3O8Si2/c1-17(2)41(18(3)4)37-16-23-26(39-42(40-41,19(5)6)20(7)8)25(33)28(38-23)32-15-14-24(31-29(32)35)30-27(34)21-10-12-22(36-9)13-11-21/h10-15,17-20,23,25-26,28,33H,16H2,1-9H3,(H,30,31,34,35)/t23-,25-,26-,28-/m1/s1. The van der Waals surface area contributed by atoms with Crippen LogP contribution in [0.5, 0.6) is 5.75 Å². The summed E-state index contributed by atoms with van der Waals surface area (Å²) in [5, 5.41) is 14.2. The number of aliphatic hydroxyl groups is 1. The lowest BCUT2D eigenvalue weighted by Gasteiger charge is -2.51. The van der Waals surface area contributed by atoms with E-state index in [1.54, 1.807) is 31.4 Å². The van der Waals surface area contributed by atoms with Crippen LogP contribution in [-0.4, -0.2) is 69.7 Å². The Bertz CT molecular complexity index is 1280. The molecule has 232 valence electrons. The summed E-state index contributed by atoms with van der Waals surface area (Å²) < 4.78 is 33.5. The Morgan fingerprint density at radius 2 is 1.60 bits per heavy atom. The first-order valence-corrected chi connectivity index (χ1v) is 18.6. The molecule has 1 aromatic carbocycles. The van der Waals surface area contributed by atoms with Crippen molar-refractivity contribution in [2.75, 3.05) is 19.0 Å². The minimum absolute atomic E-state index is 0.0773. The summed E-state index contributed by atoms with van der Waals surface area (Å²) >= 11 is 0. The highest BCUT2D eigenvalue weighted by Crippen LogP contribution is 2.48. The lowest BCUT2D eigenvalue weighted by Crippen LogP contribution is -2.65. The molecule has 0 spiro atoms. The quantitative estimate of drug-likeness (QED) is 0.403. The first kappa shape index (κ1) is 32.5. The van der Waals surface area contributed by atoms with Gasteiger partial charge in [-0.05, 0) is 52.5 Å². The normalized spacial score (nSPS) is 25.4. The van der Waals surface area contributed by atoms with E-state index in [9.17, 15) is 14.7 Å². The summed E-state index contributed by atoms with van der Waals surface area (Å²) in [7, 11) is -4.22. The molecule has 13 heteroatoms. The van der Waals surface area contributed by atoms with E-state index in [1.807, 2.05) is 0 Å². The molecule has 11 nitrogen and oxygen atoms in total. The van der Waals surface area contributed by atoms with Gasteiger partial charge in [0.05, 0.1) is 13.7 Å². The van der Waals surface area contributed by atoms with Crippen molar-refractivity contribution in [3.8, 4) is 5.75 Å². The molecule has 2 fully saturated rings. The van der Waals surface area contributed by atoms with Crippen LogP contribution in [0.25, 0.3) is 0 Å². The molecule has 3 heterocycles. The highest BCUT2D eigenvalue weighted by molar-refractivity contribution is 6.84. The average molecular weight is 620 g/mol. The SMILES string of the molecule is COc1ccc(C(=O)Nc2ccn([C@@H]3O[C@@H]4CO[Si](C(C)C)(C(C)C)O[Si](C(C)C)(C(C)C)O[C@H]4[C@H]3O)c(=O)n2)cc1. The number of aromatic nitrogens is 2. The molecule has 2 saturated heterocycles. The number of nitrogens with zero attached hydrogens (tertiary/aromatic N) is 2. The van der Waals surface area contributed by atoms with Crippen LogP contribution < -0.4 is 15.7 Å². The second-order valence-corrected chi connectivity index (χ2v) is 21.1. The second-order valence-electron chi connectivity index (χ2n) is 12.3. The van der Waals surface area contributed by atoms with Gasteiger partial charge in [0.2, 0.25) is 0 Å². The molecule has 0 unspecified atom stereocenters. The van der Waals surface area contributed by atoms with E-state index < -0.39 is 53.3 Å². The van der Waals surface area contributed by atoms with Gasteiger partial charge in [-0.25, -0.2) is 4.79 Å².